The highest BCUT2D eigenvalue weighted by Gasteiger charge is 2.22. The van der Waals surface area contributed by atoms with Crippen molar-refractivity contribution < 1.29 is 8.76 Å². The van der Waals surface area contributed by atoms with Gasteiger partial charge >= 0.3 is 0 Å². The van der Waals surface area contributed by atoms with Crippen molar-refractivity contribution in [2.75, 3.05) is 18.0 Å². The van der Waals surface area contributed by atoms with Crippen LogP contribution in [0.3, 0.4) is 0 Å². The Hall–Kier alpha value is -1.01. The van der Waals surface area contributed by atoms with Crippen LogP contribution >= 0.6 is 0 Å². The summed E-state index contributed by atoms with van der Waals surface area (Å²) in [6.45, 7) is 6.46. The predicted molar refractivity (Wildman–Crippen MR) is 70.8 cm³/mol. The van der Waals surface area contributed by atoms with E-state index in [1.54, 1.807) is 0 Å². The second kappa shape index (κ2) is 5.75. The summed E-state index contributed by atoms with van der Waals surface area (Å²) in [5.41, 5.74) is 0. The zero-order valence-electron chi connectivity index (χ0n) is 10.7. The molecule has 18 heavy (non-hydrogen) atoms. The molecule has 0 bridgehead atoms. The summed E-state index contributed by atoms with van der Waals surface area (Å²) >= 11 is -2.00. The maximum absolute atomic E-state index is 10.8. The van der Waals surface area contributed by atoms with Crippen LogP contribution < -0.4 is 4.90 Å². The average molecular weight is 269 g/mol. The Morgan fingerprint density at radius 3 is 2.33 bits per heavy atom. The number of rotatable bonds is 3. The van der Waals surface area contributed by atoms with Gasteiger partial charge in [0, 0.05) is 13.1 Å². The van der Waals surface area contributed by atoms with Gasteiger partial charge in [-0.2, -0.15) is 0 Å². The first-order chi connectivity index (χ1) is 8.58. The third-order valence-electron chi connectivity index (χ3n) is 3.58. The molecule has 0 aliphatic carbocycles. The molecule has 0 aromatic carbocycles. The molecular formula is C12H19N3O2S. The minimum atomic E-state index is -2.00. The fourth-order valence-corrected chi connectivity index (χ4v) is 2.61. The second-order valence-corrected chi connectivity index (χ2v) is 6.01. The van der Waals surface area contributed by atoms with Crippen LogP contribution in [0.4, 0.5) is 5.95 Å². The molecule has 1 saturated heterocycles. The maximum Gasteiger partial charge on any atom is 0.225 e. The Labute approximate surface area is 110 Å². The van der Waals surface area contributed by atoms with Crippen molar-refractivity contribution in [2.24, 2.45) is 11.8 Å². The van der Waals surface area contributed by atoms with E-state index in [4.69, 9.17) is 4.55 Å². The van der Waals surface area contributed by atoms with Gasteiger partial charge in [0.15, 0.2) is 11.1 Å². The van der Waals surface area contributed by atoms with Crippen LogP contribution in [0, 0.1) is 11.8 Å². The zero-order chi connectivity index (χ0) is 13.1. The van der Waals surface area contributed by atoms with Crippen molar-refractivity contribution in [2.45, 2.75) is 31.6 Å². The molecule has 1 atom stereocenters. The predicted octanol–water partition coefficient (Wildman–Crippen LogP) is 1.93. The molecule has 1 aromatic rings. The summed E-state index contributed by atoms with van der Waals surface area (Å²) in [5, 5.41) is 0. The maximum atomic E-state index is 10.8. The van der Waals surface area contributed by atoms with Crippen LogP contribution in [-0.2, 0) is 11.1 Å². The molecule has 2 heterocycles. The van der Waals surface area contributed by atoms with E-state index < -0.39 is 11.1 Å². The lowest BCUT2D eigenvalue weighted by molar-refractivity contribution is 0.310. The van der Waals surface area contributed by atoms with Crippen LogP contribution in [0.2, 0.25) is 0 Å². The van der Waals surface area contributed by atoms with E-state index in [-0.39, 0.29) is 4.90 Å². The molecule has 0 saturated carbocycles. The molecule has 0 radical (unpaired) electrons. The second-order valence-electron chi connectivity index (χ2n) is 5.04. The van der Waals surface area contributed by atoms with Crippen LogP contribution in [-0.4, -0.2) is 31.8 Å². The van der Waals surface area contributed by atoms with Crippen molar-refractivity contribution in [1.82, 2.24) is 9.97 Å². The number of hydrogen-bond donors (Lipinski definition) is 1. The van der Waals surface area contributed by atoms with Crippen LogP contribution in [0.1, 0.15) is 26.7 Å². The van der Waals surface area contributed by atoms with Gasteiger partial charge in [0.25, 0.3) is 0 Å². The lowest BCUT2D eigenvalue weighted by Gasteiger charge is -2.33. The SMILES string of the molecule is CC(C)C1CCN(c2ncc(S(=O)O)cn2)CC1. The standard InChI is InChI=1S/C12H19N3O2S/c1-9(2)10-3-5-15(6-4-10)12-13-7-11(8-14-12)18(16)17/h7-10H,3-6H2,1-2H3,(H,16,17). The van der Waals surface area contributed by atoms with E-state index in [1.807, 2.05) is 0 Å². The number of hydrogen-bond acceptors (Lipinski definition) is 4. The quantitative estimate of drug-likeness (QED) is 0.849. The van der Waals surface area contributed by atoms with Gasteiger partial charge in [-0.15, -0.1) is 0 Å². The molecular weight excluding hydrogens is 250 g/mol. The average Bonchev–Trinajstić information content (AvgIpc) is 2.39. The molecule has 1 aromatic heterocycles. The highest BCUT2D eigenvalue weighted by Crippen LogP contribution is 2.26. The Morgan fingerprint density at radius 2 is 1.89 bits per heavy atom. The minimum Gasteiger partial charge on any atom is -0.341 e. The molecule has 2 rings (SSSR count). The number of anilines is 1. The highest BCUT2D eigenvalue weighted by molar-refractivity contribution is 7.79. The number of aromatic nitrogens is 2. The van der Waals surface area contributed by atoms with E-state index in [0.717, 1.165) is 37.8 Å². The van der Waals surface area contributed by atoms with Gasteiger partial charge in [-0.1, -0.05) is 13.8 Å². The normalized spacial score (nSPS) is 19.2. The molecule has 1 N–H and O–H groups in total. The van der Waals surface area contributed by atoms with E-state index in [2.05, 4.69) is 28.7 Å². The van der Waals surface area contributed by atoms with Crippen LogP contribution in [0.25, 0.3) is 0 Å². The molecule has 100 valence electrons. The Balaban J connectivity index is 1.99. The molecule has 5 nitrogen and oxygen atoms in total. The van der Waals surface area contributed by atoms with Crippen LogP contribution in [0.15, 0.2) is 17.3 Å². The van der Waals surface area contributed by atoms with Crippen molar-refractivity contribution in [3.05, 3.63) is 12.4 Å². The van der Waals surface area contributed by atoms with Crippen molar-refractivity contribution in [1.29, 1.82) is 0 Å². The summed E-state index contributed by atoms with van der Waals surface area (Å²) in [7, 11) is 0. The van der Waals surface area contributed by atoms with E-state index in [0.29, 0.717) is 5.95 Å². The monoisotopic (exact) mass is 269 g/mol. The first-order valence-corrected chi connectivity index (χ1v) is 7.36. The van der Waals surface area contributed by atoms with Gasteiger partial charge in [0.1, 0.15) is 4.90 Å². The number of piperidine rings is 1. The topological polar surface area (TPSA) is 66.3 Å². The summed E-state index contributed by atoms with van der Waals surface area (Å²) in [4.78, 5) is 10.7. The Morgan fingerprint density at radius 1 is 1.33 bits per heavy atom. The molecule has 0 amide bonds. The number of nitrogens with zero attached hydrogens (tertiary/aromatic N) is 3. The summed E-state index contributed by atoms with van der Waals surface area (Å²) in [6.07, 6.45) is 5.17. The van der Waals surface area contributed by atoms with Crippen molar-refractivity contribution >= 4 is 17.0 Å². The lowest BCUT2D eigenvalue weighted by atomic mass is 9.87. The molecule has 6 heteroatoms. The van der Waals surface area contributed by atoms with E-state index in [1.165, 1.54) is 12.4 Å². The van der Waals surface area contributed by atoms with Gasteiger partial charge < -0.3 is 9.45 Å². The summed E-state index contributed by atoms with van der Waals surface area (Å²) in [6, 6.07) is 0. The first kappa shape index (κ1) is 13.4. The summed E-state index contributed by atoms with van der Waals surface area (Å²) < 4.78 is 19.7. The molecule has 1 aliphatic rings. The molecule has 1 unspecified atom stereocenters. The van der Waals surface area contributed by atoms with Crippen molar-refractivity contribution in [3.8, 4) is 0 Å². The molecule has 1 aliphatic heterocycles. The Bertz CT molecular complexity index is 414. The Kier molecular flexibility index (Phi) is 4.29. The van der Waals surface area contributed by atoms with Crippen LogP contribution in [0.5, 0.6) is 0 Å². The van der Waals surface area contributed by atoms with Gasteiger partial charge in [-0.3, -0.25) is 0 Å². The first-order valence-electron chi connectivity index (χ1n) is 6.25. The highest BCUT2D eigenvalue weighted by atomic mass is 32.2. The van der Waals surface area contributed by atoms with Gasteiger partial charge in [-0.25, -0.2) is 14.2 Å². The van der Waals surface area contributed by atoms with Crippen molar-refractivity contribution in [3.63, 3.8) is 0 Å². The van der Waals surface area contributed by atoms with E-state index >= 15 is 0 Å². The fourth-order valence-electron chi connectivity index (χ4n) is 2.33. The fraction of sp³-hybridized carbons (Fsp3) is 0.667. The third kappa shape index (κ3) is 3.05. The zero-order valence-corrected chi connectivity index (χ0v) is 11.6. The lowest BCUT2D eigenvalue weighted by Crippen LogP contribution is -2.36. The van der Waals surface area contributed by atoms with Gasteiger partial charge in [0.2, 0.25) is 5.95 Å². The molecule has 1 fully saturated rings. The third-order valence-corrected chi connectivity index (χ3v) is 4.20. The van der Waals surface area contributed by atoms with Gasteiger partial charge in [0.05, 0.1) is 12.4 Å². The summed E-state index contributed by atoms with van der Waals surface area (Å²) in [5.74, 6) is 2.17. The molecule has 0 spiro atoms. The van der Waals surface area contributed by atoms with E-state index in [9.17, 15) is 4.21 Å². The smallest absolute Gasteiger partial charge is 0.225 e. The largest absolute Gasteiger partial charge is 0.341 e. The van der Waals surface area contributed by atoms with Gasteiger partial charge in [-0.05, 0) is 24.7 Å². The minimum absolute atomic E-state index is 0.246.